The lowest BCUT2D eigenvalue weighted by molar-refractivity contribution is -0.161. The molecule has 0 aromatic carbocycles. The molecule has 0 aromatic rings. The van der Waals surface area contributed by atoms with E-state index in [9.17, 15) is 23.8 Å². The number of phosphoric acid groups is 1. The Morgan fingerprint density at radius 1 is 0.588 bits per heavy atom. The zero-order valence-corrected chi connectivity index (χ0v) is 33.1. The van der Waals surface area contributed by atoms with Gasteiger partial charge < -0.3 is 25.2 Å². The van der Waals surface area contributed by atoms with Crippen LogP contribution in [0.1, 0.15) is 187 Å². The van der Waals surface area contributed by atoms with Crippen molar-refractivity contribution in [3.8, 4) is 0 Å². The zero-order chi connectivity index (χ0) is 37.8. The normalized spacial score (nSPS) is 14.0. The number of hydrogen-bond acceptors (Lipinski definition) is 9. The van der Waals surface area contributed by atoms with Crippen molar-refractivity contribution in [3.05, 3.63) is 12.2 Å². The van der Waals surface area contributed by atoms with E-state index in [0.29, 0.717) is 12.8 Å². The smallest absolute Gasteiger partial charge is 0.472 e. The molecule has 0 bridgehead atoms. The highest BCUT2D eigenvalue weighted by molar-refractivity contribution is 7.47. The molecule has 0 saturated heterocycles. The van der Waals surface area contributed by atoms with Crippen LogP contribution in [0, 0.1) is 0 Å². The number of phosphoric ester groups is 1. The summed E-state index contributed by atoms with van der Waals surface area (Å²) in [5.41, 5.74) is 5.32. The third-order valence-corrected chi connectivity index (χ3v) is 9.71. The number of nitrogens with two attached hydrogens (primary N) is 1. The first-order valence-electron chi connectivity index (χ1n) is 20.2. The quantitative estimate of drug-likeness (QED) is 0.0237. The van der Waals surface area contributed by atoms with Gasteiger partial charge in [0.15, 0.2) is 6.10 Å². The van der Waals surface area contributed by atoms with Gasteiger partial charge in [-0.3, -0.25) is 23.4 Å². The fourth-order valence-electron chi connectivity index (χ4n) is 5.53. The minimum Gasteiger partial charge on any atom is -0.480 e. The molecule has 1 unspecified atom stereocenters. The van der Waals surface area contributed by atoms with E-state index in [1.807, 2.05) is 0 Å². The van der Waals surface area contributed by atoms with Gasteiger partial charge >= 0.3 is 25.7 Å². The Hall–Kier alpha value is -1.78. The largest absolute Gasteiger partial charge is 0.480 e. The molecule has 11 nitrogen and oxygen atoms in total. The summed E-state index contributed by atoms with van der Waals surface area (Å²) in [5.74, 6) is -2.38. The van der Waals surface area contributed by atoms with Crippen molar-refractivity contribution in [3.63, 3.8) is 0 Å². The molecule has 0 spiro atoms. The first-order valence-corrected chi connectivity index (χ1v) is 21.7. The van der Waals surface area contributed by atoms with Crippen LogP contribution >= 0.6 is 7.82 Å². The number of esters is 2. The first-order chi connectivity index (χ1) is 24.6. The summed E-state index contributed by atoms with van der Waals surface area (Å²) in [5, 5.41) is 8.86. The summed E-state index contributed by atoms with van der Waals surface area (Å²) in [4.78, 5) is 45.8. The van der Waals surface area contributed by atoms with E-state index in [-0.39, 0.29) is 19.4 Å². The molecule has 0 heterocycles. The summed E-state index contributed by atoms with van der Waals surface area (Å²) < 4.78 is 32.6. The minimum atomic E-state index is -4.71. The molecule has 0 aromatic heterocycles. The predicted octanol–water partition coefficient (Wildman–Crippen LogP) is 10.1. The lowest BCUT2D eigenvalue weighted by Crippen LogP contribution is -2.34. The Balaban J connectivity index is 4.38. The monoisotopic (exact) mass is 748 g/mol. The molecule has 0 amide bonds. The second-order valence-corrected chi connectivity index (χ2v) is 15.2. The Morgan fingerprint density at radius 2 is 0.980 bits per heavy atom. The van der Waals surface area contributed by atoms with Crippen LogP contribution in [-0.2, 0) is 37.5 Å². The summed E-state index contributed by atoms with van der Waals surface area (Å²) in [6.07, 6.45) is 32.7. The molecule has 0 rings (SSSR count). The lowest BCUT2D eigenvalue weighted by atomic mass is 10.0. The van der Waals surface area contributed by atoms with Crippen LogP contribution in [0.2, 0.25) is 0 Å². The second-order valence-electron chi connectivity index (χ2n) is 13.8. The van der Waals surface area contributed by atoms with E-state index >= 15 is 0 Å². The summed E-state index contributed by atoms with van der Waals surface area (Å²) >= 11 is 0. The highest BCUT2D eigenvalue weighted by Crippen LogP contribution is 2.43. The van der Waals surface area contributed by atoms with Crippen molar-refractivity contribution >= 4 is 25.7 Å². The lowest BCUT2D eigenvalue weighted by Gasteiger charge is -2.20. The Kier molecular flexibility index (Phi) is 34.0. The van der Waals surface area contributed by atoms with Crippen molar-refractivity contribution < 1.29 is 47.5 Å². The van der Waals surface area contributed by atoms with E-state index in [1.54, 1.807) is 0 Å². The van der Waals surface area contributed by atoms with Gasteiger partial charge in [0, 0.05) is 12.8 Å². The molecule has 0 radical (unpaired) electrons. The van der Waals surface area contributed by atoms with Gasteiger partial charge in [0.05, 0.1) is 13.2 Å². The number of hydrogen-bond donors (Lipinski definition) is 3. The highest BCUT2D eigenvalue weighted by Gasteiger charge is 2.28. The first kappa shape index (κ1) is 49.2. The maximum absolute atomic E-state index is 12.6. The molecule has 0 aliphatic rings. The third-order valence-electron chi connectivity index (χ3n) is 8.76. The van der Waals surface area contributed by atoms with Crippen LogP contribution in [0.4, 0.5) is 0 Å². The molecule has 0 aliphatic carbocycles. The summed E-state index contributed by atoms with van der Waals surface area (Å²) in [7, 11) is -4.71. The van der Waals surface area contributed by atoms with Gasteiger partial charge in [0.2, 0.25) is 0 Å². The number of carbonyl (C=O) groups excluding carboxylic acids is 2. The van der Waals surface area contributed by atoms with Gasteiger partial charge in [-0.25, -0.2) is 4.57 Å². The van der Waals surface area contributed by atoms with Crippen LogP contribution in [0.25, 0.3) is 0 Å². The molecule has 4 N–H and O–H groups in total. The molecule has 0 aliphatic heterocycles. The van der Waals surface area contributed by atoms with Gasteiger partial charge in [-0.1, -0.05) is 148 Å². The number of carboxylic acid groups (broad SMARTS) is 1. The number of aliphatic carboxylic acids is 1. The van der Waals surface area contributed by atoms with E-state index in [0.717, 1.165) is 44.9 Å². The van der Waals surface area contributed by atoms with Gasteiger partial charge in [-0.15, -0.1) is 0 Å². The van der Waals surface area contributed by atoms with E-state index < -0.39 is 51.1 Å². The van der Waals surface area contributed by atoms with Crippen LogP contribution in [0.3, 0.4) is 0 Å². The second kappa shape index (κ2) is 35.3. The number of carboxylic acids is 1. The zero-order valence-electron chi connectivity index (χ0n) is 32.2. The number of allylic oxidation sites excluding steroid dienone is 2. The Morgan fingerprint density at radius 3 is 1.45 bits per heavy atom. The maximum Gasteiger partial charge on any atom is 0.472 e. The van der Waals surface area contributed by atoms with Gasteiger partial charge in [-0.2, -0.15) is 0 Å². The van der Waals surface area contributed by atoms with Crippen molar-refractivity contribution in [2.45, 2.75) is 199 Å². The summed E-state index contributed by atoms with van der Waals surface area (Å²) in [6, 6.07) is -1.52. The van der Waals surface area contributed by atoms with Crippen molar-refractivity contribution in [2.75, 3.05) is 19.8 Å². The fraction of sp³-hybridized carbons (Fsp3) is 0.872. The van der Waals surface area contributed by atoms with Crippen LogP contribution in [0.15, 0.2) is 12.2 Å². The molecule has 12 heteroatoms. The Bertz CT molecular complexity index is 932. The number of carbonyl (C=O) groups is 3. The maximum atomic E-state index is 12.6. The number of rotatable bonds is 38. The minimum absolute atomic E-state index is 0.165. The number of unbranched alkanes of at least 4 members (excludes halogenated alkanes) is 22. The molecule has 0 fully saturated rings. The van der Waals surface area contributed by atoms with Crippen molar-refractivity contribution in [1.29, 1.82) is 0 Å². The summed E-state index contributed by atoms with van der Waals surface area (Å²) in [6.45, 7) is 2.78. The van der Waals surface area contributed by atoms with Crippen LogP contribution in [0.5, 0.6) is 0 Å². The topological polar surface area (TPSA) is 172 Å². The molecule has 300 valence electrons. The van der Waals surface area contributed by atoms with Crippen LogP contribution < -0.4 is 5.73 Å². The van der Waals surface area contributed by atoms with Crippen molar-refractivity contribution in [2.24, 2.45) is 5.73 Å². The third kappa shape index (κ3) is 35.0. The average Bonchev–Trinajstić information content (AvgIpc) is 3.10. The van der Waals surface area contributed by atoms with Gasteiger partial charge in [0.1, 0.15) is 12.6 Å². The fourth-order valence-corrected chi connectivity index (χ4v) is 6.31. The van der Waals surface area contributed by atoms with E-state index in [1.165, 1.54) is 103 Å². The standard InChI is InChI=1S/C39H74NO10P/c1-3-5-7-9-11-13-15-17-18-19-21-22-24-26-28-30-37(41)47-32-35(33-48-51(45,46)49-34-36(40)39(43)44)50-38(42)31-29-27-25-23-20-16-14-12-10-8-6-4-2/h13,15,35-36H,3-12,14,16-34,40H2,1-2H3,(H,43,44)(H,45,46)/b15-13-/t35-,36+/m1/s1. The molecule has 0 saturated carbocycles. The SMILES string of the molecule is CCCCCC/C=C\CCCCCCCCCC(=O)OC[C@H](COP(=O)(O)OC[C@H](N)C(=O)O)OC(=O)CCCCCCCCCCCCCC. The van der Waals surface area contributed by atoms with E-state index in [4.69, 9.17) is 24.8 Å². The van der Waals surface area contributed by atoms with Gasteiger partial charge in [0.25, 0.3) is 0 Å². The number of ether oxygens (including phenoxy) is 2. The average molecular weight is 748 g/mol. The van der Waals surface area contributed by atoms with Gasteiger partial charge in [-0.05, 0) is 38.5 Å². The molecular formula is C39H74NO10P. The molecule has 3 atom stereocenters. The predicted molar refractivity (Wildman–Crippen MR) is 203 cm³/mol. The van der Waals surface area contributed by atoms with E-state index in [2.05, 4.69) is 30.5 Å². The highest BCUT2D eigenvalue weighted by atomic mass is 31.2. The molecule has 51 heavy (non-hydrogen) atoms. The van der Waals surface area contributed by atoms with Crippen molar-refractivity contribution in [1.82, 2.24) is 0 Å². The molecular weight excluding hydrogens is 673 g/mol. The Labute approximate surface area is 309 Å². The van der Waals surface area contributed by atoms with Crippen LogP contribution in [-0.4, -0.2) is 59.9 Å².